The Morgan fingerprint density at radius 2 is 2.15 bits per heavy atom. The summed E-state index contributed by atoms with van der Waals surface area (Å²) < 4.78 is 12.3. The molecule has 1 saturated heterocycles. The normalized spacial score (nSPS) is 27.3. The third-order valence-electron chi connectivity index (χ3n) is 3.86. The van der Waals surface area contributed by atoms with Gasteiger partial charge in [-0.05, 0) is 31.4 Å². The van der Waals surface area contributed by atoms with Crippen LogP contribution < -0.4 is 5.32 Å². The van der Waals surface area contributed by atoms with Crippen molar-refractivity contribution >= 4 is 11.0 Å². The first-order valence-electron chi connectivity index (χ1n) is 7.43. The summed E-state index contributed by atoms with van der Waals surface area (Å²) in [6, 6.07) is 10.2. The molecule has 3 nitrogen and oxygen atoms in total. The maximum atomic E-state index is 6.34. The van der Waals surface area contributed by atoms with E-state index >= 15 is 0 Å². The number of ether oxygens (including phenoxy) is 1. The van der Waals surface area contributed by atoms with Crippen molar-refractivity contribution in [3.63, 3.8) is 0 Å². The fourth-order valence-corrected chi connectivity index (χ4v) is 3.20. The van der Waals surface area contributed by atoms with Crippen LogP contribution in [0, 0.1) is 5.92 Å². The Morgan fingerprint density at radius 3 is 2.90 bits per heavy atom. The highest BCUT2D eigenvalue weighted by Crippen LogP contribution is 2.33. The van der Waals surface area contributed by atoms with Crippen molar-refractivity contribution in [1.82, 2.24) is 5.32 Å². The van der Waals surface area contributed by atoms with Crippen molar-refractivity contribution in [2.75, 3.05) is 13.1 Å². The van der Waals surface area contributed by atoms with E-state index in [2.05, 4.69) is 38.2 Å². The molecule has 0 aliphatic carbocycles. The average Bonchev–Trinajstić information content (AvgIpc) is 2.81. The molecule has 1 fully saturated rings. The van der Waals surface area contributed by atoms with Crippen LogP contribution in [0.15, 0.2) is 34.7 Å². The monoisotopic (exact) mass is 273 g/mol. The molecule has 1 N–H and O–H groups in total. The lowest BCUT2D eigenvalue weighted by atomic mass is 9.92. The molecule has 0 bridgehead atoms. The highest BCUT2D eigenvalue weighted by Gasteiger charge is 2.35. The van der Waals surface area contributed by atoms with Gasteiger partial charge in [0, 0.05) is 18.5 Å². The largest absolute Gasteiger partial charge is 0.458 e. The molecule has 3 rings (SSSR count). The Kier molecular flexibility index (Phi) is 3.57. The second-order valence-corrected chi connectivity index (χ2v) is 6.47. The quantitative estimate of drug-likeness (QED) is 0.921. The smallest absolute Gasteiger partial charge is 0.135 e. The van der Waals surface area contributed by atoms with Crippen molar-refractivity contribution in [1.29, 1.82) is 0 Å². The summed E-state index contributed by atoms with van der Waals surface area (Å²) in [7, 11) is 0. The van der Waals surface area contributed by atoms with E-state index in [9.17, 15) is 0 Å². The fourth-order valence-electron chi connectivity index (χ4n) is 3.20. The number of hydrogen-bond donors (Lipinski definition) is 1. The number of furan rings is 1. The van der Waals surface area contributed by atoms with Crippen LogP contribution in [-0.4, -0.2) is 18.7 Å². The zero-order chi connectivity index (χ0) is 14.2. The van der Waals surface area contributed by atoms with Crippen LogP contribution in [0.25, 0.3) is 11.0 Å². The van der Waals surface area contributed by atoms with E-state index in [-0.39, 0.29) is 11.7 Å². The van der Waals surface area contributed by atoms with Gasteiger partial charge in [-0.25, -0.2) is 0 Å². The van der Waals surface area contributed by atoms with Gasteiger partial charge >= 0.3 is 0 Å². The van der Waals surface area contributed by atoms with E-state index in [1.165, 1.54) is 0 Å². The standard InChI is InChI=1S/C17H23NO2/c1-12(2)9-17(3)11-18-10-16(20-17)15-8-13-6-4-5-7-14(13)19-15/h4-8,12,16,18H,9-11H2,1-3H3. The summed E-state index contributed by atoms with van der Waals surface area (Å²) in [5, 5.41) is 4.63. The SMILES string of the molecule is CC(C)CC1(C)CNCC(c2cc3ccccc3o2)O1. The van der Waals surface area contributed by atoms with Gasteiger partial charge in [0.05, 0.1) is 5.60 Å². The first-order valence-corrected chi connectivity index (χ1v) is 7.43. The van der Waals surface area contributed by atoms with Gasteiger partial charge in [-0.2, -0.15) is 0 Å². The number of morpholine rings is 1. The van der Waals surface area contributed by atoms with Crippen LogP contribution in [0.3, 0.4) is 0 Å². The lowest BCUT2D eigenvalue weighted by Crippen LogP contribution is -2.49. The zero-order valence-electron chi connectivity index (χ0n) is 12.5. The van der Waals surface area contributed by atoms with Gasteiger partial charge in [-0.15, -0.1) is 0 Å². The third-order valence-corrected chi connectivity index (χ3v) is 3.86. The molecule has 1 aromatic carbocycles. The van der Waals surface area contributed by atoms with E-state index in [1.54, 1.807) is 0 Å². The Labute approximate surface area is 120 Å². The number of nitrogens with one attached hydrogen (secondary N) is 1. The molecule has 3 heteroatoms. The van der Waals surface area contributed by atoms with E-state index < -0.39 is 0 Å². The van der Waals surface area contributed by atoms with Crippen molar-refractivity contribution in [3.8, 4) is 0 Å². The van der Waals surface area contributed by atoms with Crippen LogP contribution in [-0.2, 0) is 4.74 Å². The Bertz CT molecular complexity index is 556. The molecule has 2 aromatic rings. The number of hydrogen-bond acceptors (Lipinski definition) is 3. The van der Waals surface area contributed by atoms with Crippen LogP contribution in [0.1, 0.15) is 39.1 Å². The Hall–Kier alpha value is -1.32. The van der Waals surface area contributed by atoms with Gasteiger partial charge in [-0.1, -0.05) is 32.0 Å². The summed E-state index contributed by atoms with van der Waals surface area (Å²) in [5.74, 6) is 1.55. The lowest BCUT2D eigenvalue weighted by Gasteiger charge is -2.39. The second-order valence-electron chi connectivity index (χ2n) is 6.47. The molecule has 0 amide bonds. The van der Waals surface area contributed by atoms with Crippen molar-refractivity contribution < 1.29 is 9.15 Å². The Morgan fingerprint density at radius 1 is 1.35 bits per heavy atom. The van der Waals surface area contributed by atoms with Crippen molar-refractivity contribution in [3.05, 3.63) is 36.1 Å². The fraction of sp³-hybridized carbons (Fsp3) is 0.529. The molecule has 2 unspecified atom stereocenters. The minimum atomic E-state index is -0.115. The highest BCUT2D eigenvalue weighted by molar-refractivity contribution is 5.77. The number of benzene rings is 1. The molecule has 0 radical (unpaired) electrons. The lowest BCUT2D eigenvalue weighted by molar-refractivity contribution is -0.123. The predicted molar refractivity (Wildman–Crippen MR) is 80.8 cm³/mol. The predicted octanol–water partition coefficient (Wildman–Crippen LogP) is 3.90. The molecule has 1 aliphatic heterocycles. The van der Waals surface area contributed by atoms with E-state index in [0.29, 0.717) is 5.92 Å². The molecular weight excluding hydrogens is 250 g/mol. The molecular formula is C17H23NO2. The summed E-state index contributed by atoms with van der Waals surface area (Å²) in [6.45, 7) is 8.38. The molecule has 108 valence electrons. The molecule has 0 spiro atoms. The summed E-state index contributed by atoms with van der Waals surface area (Å²) >= 11 is 0. The van der Waals surface area contributed by atoms with Crippen LogP contribution in [0.5, 0.6) is 0 Å². The summed E-state index contributed by atoms with van der Waals surface area (Å²) in [5.41, 5.74) is 0.818. The summed E-state index contributed by atoms with van der Waals surface area (Å²) in [6.07, 6.45) is 1.05. The minimum absolute atomic E-state index is 0.0000926. The van der Waals surface area contributed by atoms with Gasteiger partial charge in [-0.3, -0.25) is 0 Å². The van der Waals surface area contributed by atoms with Crippen molar-refractivity contribution in [2.45, 2.75) is 38.9 Å². The molecule has 1 aliphatic rings. The number of fused-ring (bicyclic) bond motifs is 1. The number of rotatable bonds is 3. The molecule has 1 aromatic heterocycles. The van der Waals surface area contributed by atoms with E-state index in [1.807, 2.05) is 18.2 Å². The minimum Gasteiger partial charge on any atom is -0.458 e. The first kappa shape index (κ1) is 13.7. The highest BCUT2D eigenvalue weighted by atomic mass is 16.5. The molecule has 20 heavy (non-hydrogen) atoms. The topological polar surface area (TPSA) is 34.4 Å². The van der Waals surface area contributed by atoms with Gasteiger partial charge < -0.3 is 14.5 Å². The number of para-hydroxylation sites is 1. The van der Waals surface area contributed by atoms with Gasteiger partial charge in [0.15, 0.2) is 0 Å². The van der Waals surface area contributed by atoms with Gasteiger partial charge in [0.2, 0.25) is 0 Å². The van der Waals surface area contributed by atoms with E-state index in [0.717, 1.165) is 36.2 Å². The van der Waals surface area contributed by atoms with Gasteiger partial charge in [0.1, 0.15) is 17.4 Å². The Balaban J connectivity index is 1.82. The molecule has 2 heterocycles. The first-order chi connectivity index (χ1) is 9.56. The molecule has 2 atom stereocenters. The van der Waals surface area contributed by atoms with Crippen LogP contribution >= 0.6 is 0 Å². The third kappa shape index (κ3) is 2.74. The second kappa shape index (κ2) is 5.23. The van der Waals surface area contributed by atoms with Crippen LogP contribution in [0.4, 0.5) is 0 Å². The molecule has 0 saturated carbocycles. The average molecular weight is 273 g/mol. The van der Waals surface area contributed by atoms with Gasteiger partial charge in [0.25, 0.3) is 0 Å². The van der Waals surface area contributed by atoms with E-state index in [4.69, 9.17) is 9.15 Å². The zero-order valence-corrected chi connectivity index (χ0v) is 12.5. The summed E-state index contributed by atoms with van der Waals surface area (Å²) in [4.78, 5) is 0. The maximum Gasteiger partial charge on any atom is 0.135 e. The van der Waals surface area contributed by atoms with Crippen molar-refractivity contribution in [2.24, 2.45) is 5.92 Å². The maximum absolute atomic E-state index is 6.34. The van der Waals surface area contributed by atoms with Crippen LogP contribution in [0.2, 0.25) is 0 Å².